The van der Waals surface area contributed by atoms with E-state index in [2.05, 4.69) is 17.6 Å². The van der Waals surface area contributed by atoms with Gasteiger partial charge in [0, 0.05) is 18.3 Å². The number of nitrogens with one attached hydrogen (secondary N) is 2. The van der Waals surface area contributed by atoms with E-state index < -0.39 is 0 Å². The highest BCUT2D eigenvalue weighted by atomic mass is 16.1. The van der Waals surface area contributed by atoms with E-state index in [-0.39, 0.29) is 11.9 Å². The summed E-state index contributed by atoms with van der Waals surface area (Å²) in [5.41, 5.74) is 1.67. The normalized spacial score (nSPS) is 17.5. The molecule has 1 aliphatic carbocycles. The third-order valence-electron chi connectivity index (χ3n) is 4.25. The van der Waals surface area contributed by atoms with E-state index >= 15 is 0 Å². The third kappa shape index (κ3) is 3.75. The minimum Gasteiger partial charge on any atom is -0.385 e. The number of benzene rings is 1. The van der Waals surface area contributed by atoms with E-state index in [0.29, 0.717) is 5.92 Å². The molecule has 0 aromatic heterocycles. The average Bonchev–Trinajstić information content (AvgIpc) is 2.49. The van der Waals surface area contributed by atoms with Crippen molar-refractivity contribution < 1.29 is 4.79 Å². The molecule has 1 atom stereocenters. The Morgan fingerprint density at radius 2 is 1.95 bits per heavy atom. The smallest absolute Gasteiger partial charge is 0.253 e. The molecule has 1 amide bonds. The predicted octanol–water partition coefficient (Wildman–Crippen LogP) is 3.82. The number of rotatable bonds is 5. The lowest BCUT2D eigenvalue weighted by Crippen LogP contribution is -2.39. The van der Waals surface area contributed by atoms with E-state index in [1.807, 2.05) is 31.2 Å². The Labute approximate surface area is 122 Å². The summed E-state index contributed by atoms with van der Waals surface area (Å²) in [6.07, 6.45) is 6.45. The van der Waals surface area contributed by atoms with Crippen LogP contribution in [0, 0.1) is 5.92 Å². The van der Waals surface area contributed by atoms with E-state index in [0.717, 1.165) is 17.8 Å². The standard InChI is InChI=1S/C17H26N2O/c1-3-18-16-12-8-7-11-15(16)17(20)19-13(2)14-9-5-4-6-10-14/h7-8,11-14,18H,3-6,9-10H2,1-2H3,(H,19,20)/t13-/m1/s1. The maximum Gasteiger partial charge on any atom is 0.253 e. The molecule has 0 bridgehead atoms. The molecule has 20 heavy (non-hydrogen) atoms. The van der Waals surface area contributed by atoms with Crippen molar-refractivity contribution in [2.24, 2.45) is 5.92 Å². The number of carbonyl (C=O) groups is 1. The Hall–Kier alpha value is -1.51. The fraction of sp³-hybridized carbons (Fsp3) is 0.588. The van der Waals surface area contributed by atoms with Gasteiger partial charge < -0.3 is 10.6 Å². The molecule has 1 fully saturated rings. The highest BCUT2D eigenvalue weighted by Crippen LogP contribution is 2.26. The molecule has 1 aromatic carbocycles. The molecule has 2 rings (SSSR count). The number of anilines is 1. The van der Waals surface area contributed by atoms with E-state index in [9.17, 15) is 4.79 Å². The van der Waals surface area contributed by atoms with Gasteiger partial charge in [0.25, 0.3) is 5.91 Å². The number of para-hydroxylation sites is 1. The van der Waals surface area contributed by atoms with Crippen LogP contribution in [0.1, 0.15) is 56.3 Å². The van der Waals surface area contributed by atoms with Gasteiger partial charge in [0.1, 0.15) is 0 Å². The number of carbonyl (C=O) groups excluding carboxylic acids is 1. The summed E-state index contributed by atoms with van der Waals surface area (Å²) in [7, 11) is 0. The summed E-state index contributed by atoms with van der Waals surface area (Å²) >= 11 is 0. The zero-order valence-corrected chi connectivity index (χ0v) is 12.6. The quantitative estimate of drug-likeness (QED) is 0.857. The van der Waals surface area contributed by atoms with Crippen molar-refractivity contribution in [1.29, 1.82) is 0 Å². The lowest BCUT2D eigenvalue weighted by atomic mass is 9.84. The molecule has 0 radical (unpaired) electrons. The molecule has 0 saturated heterocycles. The first-order chi connectivity index (χ1) is 9.72. The second-order valence-corrected chi connectivity index (χ2v) is 5.74. The van der Waals surface area contributed by atoms with Gasteiger partial charge in [0.15, 0.2) is 0 Å². The van der Waals surface area contributed by atoms with Crippen molar-refractivity contribution in [3.8, 4) is 0 Å². The van der Waals surface area contributed by atoms with Crippen LogP contribution in [0.2, 0.25) is 0 Å². The van der Waals surface area contributed by atoms with Crippen molar-refractivity contribution in [1.82, 2.24) is 5.32 Å². The van der Waals surface area contributed by atoms with Crippen LogP contribution in [0.4, 0.5) is 5.69 Å². The molecular weight excluding hydrogens is 248 g/mol. The molecule has 2 N–H and O–H groups in total. The first-order valence-corrected chi connectivity index (χ1v) is 7.86. The SMILES string of the molecule is CCNc1ccccc1C(=O)N[C@H](C)C1CCCCC1. The predicted molar refractivity (Wildman–Crippen MR) is 84.1 cm³/mol. The molecule has 0 heterocycles. The second-order valence-electron chi connectivity index (χ2n) is 5.74. The Bertz CT molecular complexity index is 438. The zero-order chi connectivity index (χ0) is 14.4. The van der Waals surface area contributed by atoms with Gasteiger partial charge in [-0.2, -0.15) is 0 Å². The summed E-state index contributed by atoms with van der Waals surface area (Å²) in [5, 5.41) is 6.43. The number of hydrogen-bond donors (Lipinski definition) is 2. The summed E-state index contributed by atoms with van der Waals surface area (Å²) < 4.78 is 0. The molecule has 110 valence electrons. The van der Waals surface area contributed by atoms with Crippen LogP contribution in [-0.4, -0.2) is 18.5 Å². The summed E-state index contributed by atoms with van der Waals surface area (Å²) in [4.78, 5) is 12.4. The van der Waals surface area contributed by atoms with Crippen molar-refractivity contribution >= 4 is 11.6 Å². The summed E-state index contributed by atoms with van der Waals surface area (Å²) in [6.45, 7) is 5.01. The zero-order valence-electron chi connectivity index (χ0n) is 12.6. The van der Waals surface area contributed by atoms with Crippen molar-refractivity contribution in [2.75, 3.05) is 11.9 Å². The van der Waals surface area contributed by atoms with Crippen LogP contribution in [0.25, 0.3) is 0 Å². The Morgan fingerprint density at radius 1 is 1.25 bits per heavy atom. The van der Waals surface area contributed by atoms with Gasteiger partial charge in [-0.05, 0) is 44.7 Å². The topological polar surface area (TPSA) is 41.1 Å². The molecule has 1 saturated carbocycles. The van der Waals surface area contributed by atoms with Crippen LogP contribution in [0.15, 0.2) is 24.3 Å². The van der Waals surface area contributed by atoms with Crippen molar-refractivity contribution in [3.05, 3.63) is 29.8 Å². The monoisotopic (exact) mass is 274 g/mol. The first-order valence-electron chi connectivity index (χ1n) is 7.86. The van der Waals surface area contributed by atoms with Gasteiger partial charge in [-0.3, -0.25) is 4.79 Å². The molecule has 1 aliphatic rings. The van der Waals surface area contributed by atoms with Crippen LogP contribution < -0.4 is 10.6 Å². The highest BCUT2D eigenvalue weighted by molar-refractivity contribution is 5.99. The summed E-state index contributed by atoms with van der Waals surface area (Å²) in [6, 6.07) is 7.99. The van der Waals surface area contributed by atoms with Crippen LogP contribution in [0.3, 0.4) is 0 Å². The molecule has 0 spiro atoms. The highest BCUT2D eigenvalue weighted by Gasteiger charge is 2.22. The average molecular weight is 274 g/mol. The maximum absolute atomic E-state index is 12.4. The third-order valence-corrected chi connectivity index (χ3v) is 4.25. The van der Waals surface area contributed by atoms with Gasteiger partial charge in [-0.1, -0.05) is 31.4 Å². The fourth-order valence-electron chi connectivity index (χ4n) is 3.06. The van der Waals surface area contributed by atoms with Gasteiger partial charge in [-0.15, -0.1) is 0 Å². The minimum absolute atomic E-state index is 0.0413. The van der Waals surface area contributed by atoms with Crippen molar-refractivity contribution in [3.63, 3.8) is 0 Å². The molecule has 1 aromatic rings. The van der Waals surface area contributed by atoms with Gasteiger partial charge in [-0.25, -0.2) is 0 Å². The minimum atomic E-state index is 0.0413. The maximum atomic E-state index is 12.4. The summed E-state index contributed by atoms with van der Waals surface area (Å²) in [5.74, 6) is 0.679. The van der Waals surface area contributed by atoms with Crippen LogP contribution >= 0.6 is 0 Å². The Balaban J connectivity index is 2.00. The van der Waals surface area contributed by atoms with E-state index in [4.69, 9.17) is 0 Å². The second kappa shape index (κ2) is 7.32. The van der Waals surface area contributed by atoms with E-state index in [1.54, 1.807) is 0 Å². The number of amides is 1. The van der Waals surface area contributed by atoms with Gasteiger partial charge in [0.2, 0.25) is 0 Å². The Kier molecular flexibility index (Phi) is 5.45. The molecular formula is C17H26N2O. The van der Waals surface area contributed by atoms with Gasteiger partial charge in [0.05, 0.1) is 5.56 Å². The largest absolute Gasteiger partial charge is 0.385 e. The molecule has 3 nitrogen and oxygen atoms in total. The molecule has 0 aliphatic heterocycles. The first kappa shape index (κ1) is 14.9. The lowest BCUT2D eigenvalue weighted by Gasteiger charge is -2.28. The van der Waals surface area contributed by atoms with E-state index in [1.165, 1.54) is 32.1 Å². The van der Waals surface area contributed by atoms with Crippen LogP contribution in [0.5, 0.6) is 0 Å². The Morgan fingerprint density at radius 3 is 2.65 bits per heavy atom. The molecule has 3 heteroatoms. The lowest BCUT2D eigenvalue weighted by molar-refractivity contribution is 0.0920. The molecule has 0 unspecified atom stereocenters. The fourth-order valence-corrected chi connectivity index (χ4v) is 3.06. The van der Waals surface area contributed by atoms with Crippen LogP contribution in [-0.2, 0) is 0 Å². The van der Waals surface area contributed by atoms with Gasteiger partial charge >= 0.3 is 0 Å². The van der Waals surface area contributed by atoms with Crippen molar-refractivity contribution in [2.45, 2.75) is 52.0 Å². The number of hydrogen-bond acceptors (Lipinski definition) is 2.